The fourth-order valence-electron chi connectivity index (χ4n) is 1.87. The van der Waals surface area contributed by atoms with Gasteiger partial charge in [-0.05, 0) is 31.2 Å². The summed E-state index contributed by atoms with van der Waals surface area (Å²) >= 11 is 0. The summed E-state index contributed by atoms with van der Waals surface area (Å²) in [6.07, 6.45) is 1.64. The van der Waals surface area contributed by atoms with Crippen LogP contribution in [-0.4, -0.2) is 30.7 Å². The van der Waals surface area contributed by atoms with Gasteiger partial charge >= 0.3 is 5.97 Å². The lowest BCUT2D eigenvalue weighted by Gasteiger charge is -2.01. The lowest BCUT2D eigenvalue weighted by molar-refractivity contribution is 0.0697. The molecule has 3 aromatic rings. The molecule has 0 saturated heterocycles. The summed E-state index contributed by atoms with van der Waals surface area (Å²) in [5.74, 6) is -0.392. The van der Waals surface area contributed by atoms with Crippen molar-refractivity contribution in [3.63, 3.8) is 0 Å². The number of rotatable bonds is 2. The van der Waals surface area contributed by atoms with Crippen molar-refractivity contribution in [1.29, 1.82) is 0 Å². The van der Waals surface area contributed by atoms with Gasteiger partial charge in [-0.1, -0.05) is 6.07 Å². The second kappa shape index (κ2) is 4.16. The van der Waals surface area contributed by atoms with Crippen molar-refractivity contribution in [3.05, 3.63) is 47.8 Å². The molecule has 0 aromatic carbocycles. The maximum Gasteiger partial charge on any atom is 0.335 e. The lowest BCUT2D eigenvalue weighted by Crippen LogP contribution is -1.98. The smallest absolute Gasteiger partial charge is 0.335 e. The highest BCUT2D eigenvalue weighted by Gasteiger charge is 2.11. The number of aryl methyl sites for hydroxylation is 1. The van der Waals surface area contributed by atoms with Gasteiger partial charge in [-0.2, -0.15) is 0 Å². The van der Waals surface area contributed by atoms with Gasteiger partial charge in [0.05, 0.1) is 5.56 Å². The average Bonchev–Trinajstić information content (AvgIpc) is 2.81. The molecule has 0 bridgehead atoms. The highest BCUT2D eigenvalue weighted by atomic mass is 16.4. The fourth-order valence-corrected chi connectivity index (χ4v) is 1.87. The van der Waals surface area contributed by atoms with Gasteiger partial charge in [-0.15, -0.1) is 10.2 Å². The van der Waals surface area contributed by atoms with Gasteiger partial charge in [0.1, 0.15) is 5.69 Å². The van der Waals surface area contributed by atoms with E-state index in [1.807, 2.05) is 25.1 Å². The number of aromatic carboxylic acids is 1. The quantitative estimate of drug-likeness (QED) is 0.754. The van der Waals surface area contributed by atoms with Crippen LogP contribution in [0.4, 0.5) is 0 Å². The number of fused-ring (bicyclic) bond motifs is 1. The van der Waals surface area contributed by atoms with E-state index in [0.29, 0.717) is 17.2 Å². The maximum atomic E-state index is 10.9. The molecule has 0 aliphatic rings. The fraction of sp³-hybridized carbons (Fsp3) is 0.0769. The summed E-state index contributed by atoms with van der Waals surface area (Å²) in [5.41, 5.74) is 2.26. The molecule has 3 rings (SSSR count). The lowest BCUT2D eigenvalue weighted by atomic mass is 10.2. The Balaban J connectivity index is 2.18. The second-order valence-corrected chi connectivity index (χ2v) is 4.14. The van der Waals surface area contributed by atoms with Gasteiger partial charge in [0.15, 0.2) is 11.5 Å². The molecule has 3 aromatic heterocycles. The molecule has 0 unspecified atom stereocenters. The van der Waals surface area contributed by atoms with Crippen LogP contribution in [0.2, 0.25) is 0 Å². The van der Waals surface area contributed by atoms with Gasteiger partial charge in [-0.3, -0.25) is 4.40 Å². The number of nitrogens with zero attached hydrogens (tertiary/aromatic N) is 4. The first-order valence-electron chi connectivity index (χ1n) is 5.67. The van der Waals surface area contributed by atoms with Crippen molar-refractivity contribution in [3.8, 4) is 11.5 Å². The third-order valence-electron chi connectivity index (χ3n) is 2.77. The Morgan fingerprint density at radius 3 is 2.84 bits per heavy atom. The van der Waals surface area contributed by atoms with Crippen molar-refractivity contribution in [2.75, 3.05) is 0 Å². The average molecular weight is 254 g/mol. The van der Waals surface area contributed by atoms with E-state index >= 15 is 0 Å². The van der Waals surface area contributed by atoms with Crippen molar-refractivity contribution < 1.29 is 9.90 Å². The summed E-state index contributed by atoms with van der Waals surface area (Å²) < 4.78 is 1.72. The highest BCUT2D eigenvalue weighted by Crippen LogP contribution is 2.17. The normalized spacial score (nSPS) is 10.8. The van der Waals surface area contributed by atoms with Crippen molar-refractivity contribution in [1.82, 2.24) is 19.6 Å². The topological polar surface area (TPSA) is 80.4 Å². The molecule has 6 nitrogen and oxygen atoms in total. The van der Waals surface area contributed by atoms with Crippen molar-refractivity contribution in [2.45, 2.75) is 6.92 Å². The first-order chi connectivity index (χ1) is 9.15. The SMILES string of the molecule is Cc1cccc(-c2nnc3cc(C(=O)O)ccn23)n1. The van der Waals surface area contributed by atoms with Crippen LogP contribution >= 0.6 is 0 Å². The maximum absolute atomic E-state index is 10.9. The first-order valence-corrected chi connectivity index (χ1v) is 5.67. The Morgan fingerprint density at radius 1 is 1.26 bits per heavy atom. The van der Waals surface area contributed by atoms with Gasteiger partial charge in [0.2, 0.25) is 0 Å². The molecule has 19 heavy (non-hydrogen) atoms. The Hall–Kier alpha value is -2.76. The molecule has 0 saturated carbocycles. The second-order valence-electron chi connectivity index (χ2n) is 4.14. The minimum Gasteiger partial charge on any atom is -0.478 e. The first kappa shape index (κ1) is 11.3. The molecule has 0 radical (unpaired) electrons. The summed E-state index contributed by atoms with van der Waals surface area (Å²) in [4.78, 5) is 15.3. The monoisotopic (exact) mass is 254 g/mol. The van der Waals surface area contributed by atoms with Gasteiger partial charge < -0.3 is 5.11 Å². The van der Waals surface area contributed by atoms with Crippen molar-refractivity contribution in [2.24, 2.45) is 0 Å². The van der Waals surface area contributed by atoms with Crippen LogP contribution in [0, 0.1) is 6.92 Å². The minimum absolute atomic E-state index is 0.184. The molecule has 3 heterocycles. The van der Waals surface area contributed by atoms with E-state index < -0.39 is 5.97 Å². The van der Waals surface area contributed by atoms with E-state index in [2.05, 4.69) is 15.2 Å². The van der Waals surface area contributed by atoms with Crippen molar-refractivity contribution >= 4 is 11.6 Å². The molecule has 0 fully saturated rings. The molecule has 0 aliphatic carbocycles. The predicted octanol–water partition coefficient (Wildman–Crippen LogP) is 1.80. The molecular weight excluding hydrogens is 244 g/mol. The molecule has 0 atom stereocenters. The number of hydrogen-bond acceptors (Lipinski definition) is 4. The Bertz CT molecular complexity index is 779. The van der Waals surface area contributed by atoms with E-state index in [0.717, 1.165) is 5.69 Å². The molecular formula is C13H10N4O2. The Labute approximate surface area is 108 Å². The molecule has 0 spiro atoms. The third-order valence-corrected chi connectivity index (χ3v) is 2.77. The van der Waals surface area contributed by atoms with E-state index in [1.54, 1.807) is 10.6 Å². The van der Waals surface area contributed by atoms with Crippen LogP contribution in [0.15, 0.2) is 36.5 Å². The summed E-state index contributed by atoms with van der Waals surface area (Å²) in [5, 5.41) is 17.0. The zero-order valence-electron chi connectivity index (χ0n) is 10.1. The minimum atomic E-state index is -0.985. The van der Waals surface area contributed by atoms with Crippen LogP contribution < -0.4 is 0 Å². The number of aromatic nitrogens is 4. The Morgan fingerprint density at radius 2 is 2.11 bits per heavy atom. The third kappa shape index (κ3) is 1.93. The molecule has 0 amide bonds. The van der Waals surface area contributed by atoms with Gasteiger partial charge in [0, 0.05) is 11.9 Å². The molecule has 6 heteroatoms. The summed E-state index contributed by atoms with van der Waals surface area (Å²) in [7, 11) is 0. The van der Waals surface area contributed by atoms with Crippen LogP contribution in [0.5, 0.6) is 0 Å². The van der Waals surface area contributed by atoms with Crippen LogP contribution in [0.1, 0.15) is 16.1 Å². The predicted molar refractivity (Wildman–Crippen MR) is 67.9 cm³/mol. The van der Waals surface area contributed by atoms with E-state index in [-0.39, 0.29) is 5.56 Å². The largest absolute Gasteiger partial charge is 0.478 e. The molecule has 94 valence electrons. The standard InChI is InChI=1S/C13H10N4O2/c1-8-3-2-4-10(14-8)12-16-15-11-7-9(13(18)19)5-6-17(11)12/h2-7H,1H3,(H,18,19). The number of carboxylic acid groups (broad SMARTS) is 1. The van der Waals surface area contributed by atoms with Crippen LogP contribution in [-0.2, 0) is 0 Å². The summed E-state index contributed by atoms with van der Waals surface area (Å²) in [6, 6.07) is 8.63. The Kier molecular flexibility index (Phi) is 2.49. The molecule has 1 N–H and O–H groups in total. The number of carbonyl (C=O) groups is 1. The van der Waals surface area contributed by atoms with E-state index in [1.165, 1.54) is 12.1 Å². The number of carboxylic acids is 1. The van der Waals surface area contributed by atoms with Gasteiger partial charge in [-0.25, -0.2) is 9.78 Å². The number of hydrogen-bond donors (Lipinski definition) is 1. The number of pyridine rings is 2. The van der Waals surface area contributed by atoms with Gasteiger partial charge in [0.25, 0.3) is 0 Å². The zero-order valence-corrected chi connectivity index (χ0v) is 10.1. The zero-order chi connectivity index (χ0) is 13.4. The van der Waals surface area contributed by atoms with E-state index in [9.17, 15) is 4.79 Å². The van der Waals surface area contributed by atoms with Crippen LogP contribution in [0.3, 0.4) is 0 Å². The van der Waals surface area contributed by atoms with Crippen LogP contribution in [0.25, 0.3) is 17.2 Å². The molecule has 0 aliphatic heterocycles. The summed E-state index contributed by atoms with van der Waals surface area (Å²) in [6.45, 7) is 1.90. The highest BCUT2D eigenvalue weighted by molar-refractivity contribution is 5.88. The van der Waals surface area contributed by atoms with E-state index in [4.69, 9.17) is 5.11 Å².